The quantitative estimate of drug-likeness (QED) is 0.758. The van der Waals surface area contributed by atoms with Crippen LogP contribution in [0.4, 0.5) is 4.79 Å². The average Bonchev–Trinajstić information content (AvgIpc) is 3.28. The molecule has 27 heavy (non-hydrogen) atoms. The van der Waals surface area contributed by atoms with Gasteiger partial charge in [0.2, 0.25) is 12.2 Å². The van der Waals surface area contributed by atoms with Crippen molar-refractivity contribution in [1.82, 2.24) is 10.2 Å². The summed E-state index contributed by atoms with van der Waals surface area (Å²) in [6, 6.07) is 8.20. The number of rotatable bonds is 6. The van der Waals surface area contributed by atoms with Gasteiger partial charge in [-0.25, -0.2) is 4.79 Å². The van der Waals surface area contributed by atoms with E-state index in [9.17, 15) is 14.4 Å². The topological polar surface area (TPSA) is 94.2 Å². The molecule has 2 aliphatic rings. The molecule has 8 nitrogen and oxygen atoms in total. The molecule has 0 bridgehead atoms. The van der Waals surface area contributed by atoms with E-state index in [1.54, 1.807) is 6.92 Å². The number of cyclic esters (lactones) is 1. The Hall–Kier alpha value is -2.61. The molecule has 0 aliphatic carbocycles. The van der Waals surface area contributed by atoms with Gasteiger partial charge in [0.05, 0.1) is 6.42 Å². The maximum Gasteiger partial charge on any atom is 0.410 e. The molecule has 146 valence electrons. The fourth-order valence-electron chi connectivity index (χ4n) is 3.31. The summed E-state index contributed by atoms with van der Waals surface area (Å²) in [7, 11) is 0. The Bertz CT molecular complexity index is 680. The normalized spacial score (nSPS) is 24.6. The van der Waals surface area contributed by atoms with Crippen molar-refractivity contribution in [2.24, 2.45) is 0 Å². The lowest BCUT2D eigenvalue weighted by molar-refractivity contribution is -0.164. The molecular weight excluding hydrogens is 352 g/mol. The zero-order valence-electron chi connectivity index (χ0n) is 15.3. The standard InChI is InChI=1S/C19H24N2O6/c1-2-25-18-14(11-16(22)27-18)20-17(23)15-9-6-10-21(15)19(24)26-12-13-7-4-3-5-8-13/h3-5,7-8,14-15,18H,2,6,9-12H2,1H3,(H,20,23). The number of esters is 1. The number of nitrogens with one attached hydrogen (secondary N) is 1. The molecule has 1 aromatic carbocycles. The summed E-state index contributed by atoms with van der Waals surface area (Å²) in [5.74, 6) is -0.735. The van der Waals surface area contributed by atoms with Crippen LogP contribution in [0, 0.1) is 0 Å². The van der Waals surface area contributed by atoms with Crippen molar-refractivity contribution in [3.05, 3.63) is 35.9 Å². The molecule has 0 saturated carbocycles. The number of ether oxygens (including phenoxy) is 3. The predicted molar refractivity (Wildman–Crippen MR) is 94.4 cm³/mol. The number of amides is 2. The zero-order chi connectivity index (χ0) is 19.2. The summed E-state index contributed by atoms with van der Waals surface area (Å²) >= 11 is 0. The van der Waals surface area contributed by atoms with Crippen molar-refractivity contribution < 1.29 is 28.6 Å². The fraction of sp³-hybridized carbons (Fsp3) is 0.526. The number of hydrogen-bond acceptors (Lipinski definition) is 6. The molecule has 8 heteroatoms. The van der Waals surface area contributed by atoms with Gasteiger partial charge in [0, 0.05) is 13.2 Å². The third kappa shape index (κ3) is 4.77. The summed E-state index contributed by atoms with van der Waals surface area (Å²) in [4.78, 5) is 38.0. The highest BCUT2D eigenvalue weighted by atomic mass is 16.7. The SMILES string of the molecule is CCOC1OC(=O)CC1NC(=O)C1CCCN1C(=O)OCc1ccccc1. The molecule has 3 rings (SSSR count). The number of likely N-dealkylation sites (tertiary alicyclic amines) is 1. The minimum absolute atomic E-state index is 0.0571. The summed E-state index contributed by atoms with van der Waals surface area (Å²) in [5.41, 5.74) is 0.882. The first-order valence-electron chi connectivity index (χ1n) is 9.17. The molecule has 2 saturated heterocycles. The van der Waals surface area contributed by atoms with E-state index in [1.165, 1.54) is 4.90 Å². The minimum atomic E-state index is -0.786. The number of carbonyl (C=O) groups excluding carboxylic acids is 3. The lowest BCUT2D eigenvalue weighted by Gasteiger charge is -2.25. The van der Waals surface area contributed by atoms with Gasteiger partial charge >= 0.3 is 12.1 Å². The smallest absolute Gasteiger partial charge is 0.410 e. The fourth-order valence-corrected chi connectivity index (χ4v) is 3.31. The van der Waals surface area contributed by atoms with Crippen molar-refractivity contribution in [3.8, 4) is 0 Å². The zero-order valence-corrected chi connectivity index (χ0v) is 15.3. The Kier molecular flexibility index (Phi) is 6.28. The number of carbonyl (C=O) groups is 3. The van der Waals surface area contributed by atoms with Crippen LogP contribution in [0.15, 0.2) is 30.3 Å². The van der Waals surface area contributed by atoms with Crippen LogP contribution in [0.3, 0.4) is 0 Å². The van der Waals surface area contributed by atoms with Crippen molar-refractivity contribution >= 4 is 18.0 Å². The number of benzene rings is 1. The molecular formula is C19H24N2O6. The molecule has 3 atom stereocenters. The molecule has 2 aliphatic heterocycles. The first-order chi connectivity index (χ1) is 13.1. The van der Waals surface area contributed by atoms with Gasteiger partial charge in [-0.15, -0.1) is 0 Å². The van der Waals surface area contributed by atoms with Gasteiger partial charge in [0.15, 0.2) is 0 Å². The van der Waals surface area contributed by atoms with Crippen LogP contribution >= 0.6 is 0 Å². The number of hydrogen-bond donors (Lipinski definition) is 1. The molecule has 0 radical (unpaired) electrons. The van der Waals surface area contributed by atoms with Gasteiger partial charge in [0.25, 0.3) is 0 Å². The lowest BCUT2D eigenvalue weighted by atomic mass is 10.1. The molecule has 2 fully saturated rings. The second-order valence-electron chi connectivity index (χ2n) is 6.52. The van der Waals surface area contributed by atoms with Gasteiger partial charge in [-0.05, 0) is 25.3 Å². The highest BCUT2D eigenvalue weighted by Gasteiger charge is 2.41. The van der Waals surface area contributed by atoms with Crippen LogP contribution in [-0.2, 0) is 30.4 Å². The third-order valence-electron chi connectivity index (χ3n) is 4.62. The lowest BCUT2D eigenvalue weighted by Crippen LogP contribution is -2.51. The van der Waals surface area contributed by atoms with E-state index in [0.717, 1.165) is 5.56 Å². The van der Waals surface area contributed by atoms with Crippen LogP contribution in [0.1, 0.15) is 31.7 Å². The van der Waals surface area contributed by atoms with E-state index in [-0.39, 0.29) is 18.9 Å². The monoisotopic (exact) mass is 376 g/mol. The molecule has 1 N–H and O–H groups in total. The number of nitrogens with zero attached hydrogens (tertiary/aromatic N) is 1. The van der Waals surface area contributed by atoms with E-state index in [1.807, 2.05) is 30.3 Å². The van der Waals surface area contributed by atoms with Crippen LogP contribution in [-0.4, -0.2) is 54.4 Å². The maximum atomic E-state index is 12.7. The van der Waals surface area contributed by atoms with Crippen molar-refractivity contribution in [3.63, 3.8) is 0 Å². The molecule has 2 amide bonds. The minimum Gasteiger partial charge on any atom is -0.445 e. The van der Waals surface area contributed by atoms with E-state index in [4.69, 9.17) is 14.2 Å². The Morgan fingerprint density at radius 1 is 1.30 bits per heavy atom. The van der Waals surface area contributed by atoms with E-state index in [0.29, 0.717) is 26.0 Å². The van der Waals surface area contributed by atoms with Crippen LogP contribution in [0.25, 0.3) is 0 Å². The van der Waals surface area contributed by atoms with Gasteiger partial charge in [-0.1, -0.05) is 30.3 Å². The summed E-state index contributed by atoms with van der Waals surface area (Å²) in [6.45, 7) is 2.76. The van der Waals surface area contributed by atoms with Crippen LogP contribution in [0.5, 0.6) is 0 Å². The van der Waals surface area contributed by atoms with Gasteiger partial charge in [-0.2, -0.15) is 0 Å². The Labute approximate surface area is 157 Å². The average molecular weight is 376 g/mol. The highest BCUT2D eigenvalue weighted by molar-refractivity contribution is 5.87. The molecule has 0 spiro atoms. The second kappa shape index (κ2) is 8.85. The van der Waals surface area contributed by atoms with Crippen molar-refractivity contribution in [2.75, 3.05) is 13.2 Å². The van der Waals surface area contributed by atoms with Crippen LogP contribution in [0.2, 0.25) is 0 Å². The summed E-state index contributed by atoms with van der Waals surface area (Å²) in [6.07, 6.45) is 0.0188. The highest BCUT2D eigenvalue weighted by Crippen LogP contribution is 2.21. The van der Waals surface area contributed by atoms with E-state index in [2.05, 4.69) is 5.32 Å². The molecule has 2 heterocycles. The maximum absolute atomic E-state index is 12.7. The Morgan fingerprint density at radius 3 is 2.81 bits per heavy atom. The van der Waals surface area contributed by atoms with E-state index >= 15 is 0 Å². The van der Waals surface area contributed by atoms with Gasteiger partial charge in [0.1, 0.15) is 18.7 Å². The summed E-state index contributed by atoms with van der Waals surface area (Å²) in [5, 5.41) is 2.79. The molecule has 0 aromatic heterocycles. The first-order valence-corrected chi connectivity index (χ1v) is 9.17. The second-order valence-corrected chi connectivity index (χ2v) is 6.52. The third-order valence-corrected chi connectivity index (χ3v) is 4.62. The van der Waals surface area contributed by atoms with Crippen molar-refractivity contribution in [2.45, 2.75) is 51.2 Å². The van der Waals surface area contributed by atoms with E-state index < -0.39 is 30.4 Å². The van der Waals surface area contributed by atoms with Gasteiger partial charge in [-0.3, -0.25) is 14.5 Å². The Morgan fingerprint density at radius 2 is 2.07 bits per heavy atom. The Balaban J connectivity index is 1.55. The first kappa shape index (κ1) is 19.2. The predicted octanol–water partition coefficient (Wildman–Crippen LogP) is 1.58. The molecule has 3 unspecified atom stereocenters. The van der Waals surface area contributed by atoms with Crippen molar-refractivity contribution in [1.29, 1.82) is 0 Å². The largest absolute Gasteiger partial charge is 0.445 e. The van der Waals surface area contributed by atoms with Crippen LogP contribution < -0.4 is 5.32 Å². The molecule has 1 aromatic rings. The summed E-state index contributed by atoms with van der Waals surface area (Å²) < 4.78 is 15.7. The van der Waals surface area contributed by atoms with Gasteiger partial charge < -0.3 is 19.5 Å².